The SMILES string of the molecule is COc1ccc2c(c1OC)C(=O)N1c3ccccc3C(=O)N(CCCCCC(=O)N3C[C@H]4C[C@@H](C3)[C@@H]3CCCC(=O)N3C4)[C@H]21. The van der Waals surface area contributed by atoms with Crippen molar-refractivity contribution in [3.8, 4) is 11.5 Å². The van der Waals surface area contributed by atoms with Crippen LogP contribution in [0.5, 0.6) is 11.5 Å². The van der Waals surface area contributed by atoms with Gasteiger partial charge in [0.05, 0.1) is 31.0 Å². The van der Waals surface area contributed by atoms with Crippen LogP contribution in [0.2, 0.25) is 0 Å². The van der Waals surface area contributed by atoms with E-state index in [1.807, 2.05) is 29.2 Å². The van der Waals surface area contributed by atoms with Crippen molar-refractivity contribution >= 4 is 29.3 Å². The molecule has 5 aliphatic heterocycles. The summed E-state index contributed by atoms with van der Waals surface area (Å²) in [6.45, 7) is 2.75. The van der Waals surface area contributed by atoms with E-state index in [2.05, 4.69) is 4.90 Å². The zero-order valence-corrected chi connectivity index (χ0v) is 25.5. The van der Waals surface area contributed by atoms with Gasteiger partial charge in [0, 0.05) is 50.6 Å². The zero-order valence-electron chi connectivity index (χ0n) is 25.5. The van der Waals surface area contributed by atoms with Crippen LogP contribution < -0.4 is 14.4 Å². The molecule has 4 atom stereocenters. The van der Waals surface area contributed by atoms with Gasteiger partial charge in [-0.25, -0.2) is 0 Å². The summed E-state index contributed by atoms with van der Waals surface area (Å²) in [5.74, 6) is 1.77. The molecular formula is C34H40N4O6. The van der Waals surface area contributed by atoms with Gasteiger partial charge in [0.2, 0.25) is 11.8 Å². The number of hydrogen-bond donors (Lipinski definition) is 0. The first-order chi connectivity index (χ1) is 21.4. The number of rotatable bonds is 8. The summed E-state index contributed by atoms with van der Waals surface area (Å²) < 4.78 is 11.1. The minimum Gasteiger partial charge on any atom is -0.493 e. The molecule has 10 heteroatoms. The lowest BCUT2D eigenvalue weighted by Crippen LogP contribution is -2.61. The molecule has 10 nitrogen and oxygen atoms in total. The Bertz CT molecular complexity index is 1510. The van der Waals surface area contributed by atoms with E-state index in [9.17, 15) is 19.2 Å². The quantitative estimate of drug-likeness (QED) is 0.421. The lowest BCUT2D eigenvalue weighted by Gasteiger charge is -2.52. The van der Waals surface area contributed by atoms with Crippen molar-refractivity contribution in [3.63, 3.8) is 0 Å². The number of para-hydroxylation sites is 1. The maximum absolute atomic E-state index is 13.9. The number of anilines is 1. The molecular weight excluding hydrogens is 560 g/mol. The van der Waals surface area contributed by atoms with Crippen LogP contribution in [0.3, 0.4) is 0 Å². The van der Waals surface area contributed by atoms with Gasteiger partial charge in [-0.3, -0.25) is 24.1 Å². The van der Waals surface area contributed by atoms with Crippen LogP contribution in [-0.4, -0.2) is 84.8 Å². The first kappa shape index (κ1) is 28.7. The third kappa shape index (κ3) is 4.61. The Kier molecular flexibility index (Phi) is 7.46. The first-order valence-electron chi connectivity index (χ1n) is 16.0. The standard InChI is InChI=1S/C34H40N4O6/c1-43-27-15-14-24-30(31(27)44-2)34(42)38-26-10-6-5-9-23(26)33(41)36(32(24)38)16-7-3-4-12-28(39)35-18-21-17-22(20-35)25-11-8-13-29(40)37(25)19-21/h5-6,9-10,14-15,21-22,25,32H,3-4,7-8,11-13,16-20H2,1-2H3/t21-,22+,25+,32+/m1/s1. The molecule has 0 aromatic heterocycles. The number of likely N-dealkylation sites (tertiary alicyclic amines) is 1. The number of nitrogens with zero attached hydrogens (tertiary/aromatic N) is 4. The van der Waals surface area contributed by atoms with Crippen LogP contribution in [0.25, 0.3) is 0 Å². The summed E-state index contributed by atoms with van der Waals surface area (Å²) in [4.78, 5) is 61.0. The number of fused-ring (bicyclic) bond motifs is 9. The number of benzene rings is 2. The molecule has 0 radical (unpaired) electrons. The molecule has 0 unspecified atom stereocenters. The maximum Gasteiger partial charge on any atom is 0.264 e. The summed E-state index contributed by atoms with van der Waals surface area (Å²) in [5.41, 5.74) is 2.24. The van der Waals surface area contributed by atoms with Crippen LogP contribution in [0.1, 0.15) is 83.8 Å². The van der Waals surface area contributed by atoms with Gasteiger partial charge < -0.3 is 24.2 Å². The predicted molar refractivity (Wildman–Crippen MR) is 163 cm³/mol. The Morgan fingerprint density at radius 1 is 0.932 bits per heavy atom. The van der Waals surface area contributed by atoms with E-state index in [0.29, 0.717) is 77.9 Å². The highest BCUT2D eigenvalue weighted by Crippen LogP contribution is 2.49. The number of unbranched alkanes of at least 4 members (excludes halogenated alkanes) is 2. The second-order valence-corrected chi connectivity index (χ2v) is 12.8. The van der Waals surface area contributed by atoms with Crippen molar-refractivity contribution in [1.29, 1.82) is 0 Å². The highest BCUT2D eigenvalue weighted by molar-refractivity contribution is 6.18. The monoisotopic (exact) mass is 600 g/mol. The largest absolute Gasteiger partial charge is 0.493 e. The Labute approximate surface area is 257 Å². The Morgan fingerprint density at radius 3 is 2.59 bits per heavy atom. The third-order valence-corrected chi connectivity index (χ3v) is 10.3. The van der Waals surface area contributed by atoms with Crippen molar-refractivity contribution in [2.24, 2.45) is 11.8 Å². The number of ether oxygens (including phenoxy) is 2. The van der Waals surface area contributed by atoms with Gasteiger partial charge in [0.1, 0.15) is 6.17 Å². The minimum absolute atomic E-state index is 0.108. The Hall–Kier alpha value is -4.08. The highest BCUT2D eigenvalue weighted by Gasteiger charge is 2.49. The molecule has 44 heavy (non-hydrogen) atoms. The van der Waals surface area contributed by atoms with Crippen molar-refractivity contribution in [1.82, 2.24) is 14.7 Å². The number of piperidine rings is 3. The molecule has 4 amide bonds. The van der Waals surface area contributed by atoms with E-state index in [-0.39, 0.29) is 17.7 Å². The van der Waals surface area contributed by atoms with Crippen molar-refractivity contribution in [2.75, 3.05) is 45.3 Å². The number of amides is 4. The van der Waals surface area contributed by atoms with Crippen molar-refractivity contribution < 1.29 is 28.7 Å². The summed E-state index contributed by atoms with van der Waals surface area (Å²) in [6, 6.07) is 11.2. The van der Waals surface area contributed by atoms with E-state index in [1.54, 1.807) is 21.9 Å². The van der Waals surface area contributed by atoms with Crippen molar-refractivity contribution in [3.05, 3.63) is 53.1 Å². The molecule has 5 heterocycles. The average Bonchev–Trinajstić information content (AvgIpc) is 3.34. The van der Waals surface area contributed by atoms with Gasteiger partial charge in [0.25, 0.3) is 11.8 Å². The summed E-state index contributed by atoms with van der Waals surface area (Å²) in [5, 5.41) is 0. The average molecular weight is 601 g/mol. The highest BCUT2D eigenvalue weighted by atomic mass is 16.5. The van der Waals surface area contributed by atoms with E-state index >= 15 is 0 Å². The molecule has 2 aromatic carbocycles. The van der Waals surface area contributed by atoms with E-state index in [4.69, 9.17) is 9.47 Å². The number of hydrogen-bond acceptors (Lipinski definition) is 6. The lowest BCUT2D eigenvalue weighted by molar-refractivity contribution is -0.148. The number of carbonyl (C=O) groups excluding carboxylic acids is 4. The summed E-state index contributed by atoms with van der Waals surface area (Å²) in [6.07, 6.45) is 5.96. The zero-order chi connectivity index (χ0) is 30.5. The molecule has 232 valence electrons. The van der Waals surface area contributed by atoms with Gasteiger partial charge in [-0.2, -0.15) is 0 Å². The maximum atomic E-state index is 13.9. The lowest BCUT2D eigenvalue weighted by atomic mass is 9.76. The first-order valence-corrected chi connectivity index (χ1v) is 16.0. The smallest absolute Gasteiger partial charge is 0.264 e. The molecule has 0 aliphatic carbocycles. The normalized spacial score (nSPS) is 25.4. The molecule has 3 saturated heterocycles. The number of methoxy groups -OCH3 is 2. The third-order valence-electron chi connectivity index (χ3n) is 10.3. The minimum atomic E-state index is -0.569. The van der Waals surface area contributed by atoms with Crippen LogP contribution in [0.15, 0.2) is 36.4 Å². The van der Waals surface area contributed by atoms with Crippen LogP contribution >= 0.6 is 0 Å². The topological polar surface area (TPSA) is 99.7 Å². The van der Waals surface area contributed by atoms with Gasteiger partial charge in [0.15, 0.2) is 11.5 Å². The molecule has 0 saturated carbocycles. The fraction of sp³-hybridized carbons (Fsp3) is 0.529. The van der Waals surface area contributed by atoms with E-state index in [1.165, 1.54) is 14.2 Å². The second-order valence-electron chi connectivity index (χ2n) is 12.8. The van der Waals surface area contributed by atoms with Crippen molar-refractivity contribution in [2.45, 2.75) is 63.6 Å². The van der Waals surface area contributed by atoms with E-state index in [0.717, 1.165) is 57.3 Å². The summed E-state index contributed by atoms with van der Waals surface area (Å²) in [7, 11) is 3.05. The predicted octanol–water partition coefficient (Wildman–Crippen LogP) is 4.24. The molecule has 5 aliphatic rings. The van der Waals surface area contributed by atoms with E-state index < -0.39 is 6.17 Å². The molecule has 7 rings (SSSR count). The fourth-order valence-electron chi connectivity index (χ4n) is 8.36. The van der Waals surface area contributed by atoms with Crippen LogP contribution in [0.4, 0.5) is 5.69 Å². The van der Waals surface area contributed by atoms with Crippen LogP contribution in [-0.2, 0) is 9.59 Å². The van der Waals surface area contributed by atoms with Gasteiger partial charge >= 0.3 is 0 Å². The van der Waals surface area contributed by atoms with Gasteiger partial charge in [-0.1, -0.05) is 24.6 Å². The molecule has 2 bridgehead atoms. The molecule has 3 fully saturated rings. The van der Waals surface area contributed by atoms with Gasteiger partial charge in [-0.15, -0.1) is 0 Å². The Morgan fingerprint density at radius 2 is 1.77 bits per heavy atom. The molecule has 2 aromatic rings. The summed E-state index contributed by atoms with van der Waals surface area (Å²) >= 11 is 0. The fourth-order valence-corrected chi connectivity index (χ4v) is 8.36. The Balaban J connectivity index is 1.01. The molecule has 0 N–H and O–H groups in total. The van der Waals surface area contributed by atoms with Crippen LogP contribution in [0, 0.1) is 11.8 Å². The second kappa shape index (κ2) is 11.4. The molecule has 0 spiro atoms. The number of carbonyl (C=O) groups is 4. The van der Waals surface area contributed by atoms with Gasteiger partial charge in [-0.05, 0) is 62.1 Å².